The van der Waals surface area contributed by atoms with Crippen molar-refractivity contribution < 1.29 is 9.63 Å². The Morgan fingerprint density at radius 3 is 2.65 bits per heavy atom. The lowest BCUT2D eigenvalue weighted by molar-refractivity contribution is 0.207. The van der Waals surface area contributed by atoms with Gasteiger partial charge in [-0.05, 0) is 17.7 Å². The van der Waals surface area contributed by atoms with Crippen LogP contribution in [0.4, 0.5) is 0 Å². The fraction of sp³-hybridized carbons (Fsp3) is 0.529. The van der Waals surface area contributed by atoms with Crippen molar-refractivity contribution >= 4 is 11.6 Å². The van der Waals surface area contributed by atoms with E-state index >= 15 is 0 Å². The van der Waals surface area contributed by atoms with Gasteiger partial charge in [-0.3, -0.25) is 4.90 Å². The fourth-order valence-corrected chi connectivity index (χ4v) is 3.25. The van der Waals surface area contributed by atoms with Gasteiger partial charge in [-0.2, -0.15) is 4.98 Å². The largest absolute Gasteiger partial charge is 0.396 e. The van der Waals surface area contributed by atoms with Gasteiger partial charge < -0.3 is 9.63 Å². The molecule has 0 aliphatic carbocycles. The number of likely N-dealkylation sites (tertiary alicyclic amines) is 1. The average molecular weight is 336 g/mol. The Balaban J connectivity index is 1.69. The maximum atomic E-state index is 9.71. The first kappa shape index (κ1) is 16.4. The molecule has 2 atom stereocenters. The number of hydrogen-bond donors (Lipinski definition) is 1. The van der Waals surface area contributed by atoms with E-state index in [-0.39, 0.29) is 18.4 Å². The lowest BCUT2D eigenvalue weighted by Crippen LogP contribution is -2.21. The molecule has 1 aliphatic rings. The summed E-state index contributed by atoms with van der Waals surface area (Å²) in [6, 6.07) is 7.90. The molecule has 0 saturated carbocycles. The van der Waals surface area contributed by atoms with Crippen LogP contribution in [0.2, 0.25) is 5.02 Å². The third kappa shape index (κ3) is 3.74. The summed E-state index contributed by atoms with van der Waals surface area (Å²) in [7, 11) is 0. The monoisotopic (exact) mass is 335 g/mol. The Labute approximate surface area is 141 Å². The number of aliphatic hydroxyl groups excluding tert-OH is 1. The molecule has 124 valence electrons. The van der Waals surface area contributed by atoms with E-state index in [0.29, 0.717) is 18.4 Å². The molecule has 0 amide bonds. The van der Waals surface area contributed by atoms with Crippen LogP contribution < -0.4 is 0 Å². The van der Waals surface area contributed by atoms with Gasteiger partial charge in [0.2, 0.25) is 5.89 Å². The zero-order valence-corrected chi connectivity index (χ0v) is 14.2. The molecule has 1 fully saturated rings. The lowest BCUT2D eigenvalue weighted by atomic mass is 9.90. The molecule has 1 aromatic carbocycles. The maximum Gasteiger partial charge on any atom is 0.240 e. The molecule has 3 rings (SSSR count). The minimum atomic E-state index is 0.171. The van der Waals surface area contributed by atoms with Crippen LogP contribution in [0, 0.1) is 5.92 Å². The van der Waals surface area contributed by atoms with Gasteiger partial charge in [-0.1, -0.05) is 42.7 Å². The van der Waals surface area contributed by atoms with Gasteiger partial charge in [0, 0.05) is 42.5 Å². The molecular formula is C17H22ClN3O2. The Bertz CT molecular complexity index is 642. The van der Waals surface area contributed by atoms with E-state index in [2.05, 4.69) is 15.0 Å². The van der Waals surface area contributed by atoms with Crippen LogP contribution in [0.25, 0.3) is 0 Å². The normalized spacial score (nSPS) is 22.1. The zero-order valence-electron chi connectivity index (χ0n) is 13.4. The number of rotatable bonds is 5. The first-order valence-electron chi connectivity index (χ1n) is 7.98. The van der Waals surface area contributed by atoms with Crippen molar-refractivity contribution in [2.75, 3.05) is 19.7 Å². The molecule has 0 unspecified atom stereocenters. The highest BCUT2D eigenvalue weighted by molar-refractivity contribution is 6.30. The number of aromatic nitrogens is 2. The van der Waals surface area contributed by atoms with Crippen molar-refractivity contribution in [3.8, 4) is 0 Å². The van der Waals surface area contributed by atoms with Gasteiger partial charge in [-0.15, -0.1) is 0 Å². The first-order valence-corrected chi connectivity index (χ1v) is 8.35. The maximum absolute atomic E-state index is 9.71. The fourth-order valence-electron chi connectivity index (χ4n) is 3.12. The molecule has 1 saturated heterocycles. The lowest BCUT2D eigenvalue weighted by Gasteiger charge is -2.16. The van der Waals surface area contributed by atoms with E-state index in [4.69, 9.17) is 16.1 Å². The second-order valence-electron chi connectivity index (χ2n) is 6.50. The topological polar surface area (TPSA) is 62.4 Å². The van der Waals surface area contributed by atoms with Crippen LogP contribution >= 0.6 is 11.6 Å². The quantitative estimate of drug-likeness (QED) is 0.909. The van der Waals surface area contributed by atoms with Crippen LogP contribution in [0.1, 0.15) is 43.0 Å². The highest BCUT2D eigenvalue weighted by Gasteiger charge is 2.34. The number of halogens is 1. The van der Waals surface area contributed by atoms with Crippen molar-refractivity contribution in [3.05, 3.63) is 46.6 Å². The van der Waals surface area contributed by atoms with Crippen molar-refractivity contribution in [2.24, 2.45) is 5.92 Å². The average Bonchev–Trinajstić information content (AvgIpc) is 3.15. The summed E-state index contributed by atoms with van der Waals surface area (Å²) in [5.74, 6) is 2.15. The van der Waals surface area contributed by atoms with Crippen molar-refractivity contribution in [1.82, 2.24) is 15.0 Å². The summed E-state index contributed by atoms with van der Waals surface area (Å²) in [5.41, 5.74) is 1.21. The number of benzene rings is 1. The second-order valence-corrected chi connectivity index (χ2v) is 6.93. The van der Waals surface area contributed by atoms with E-state index in [0.717, 1.165) is 23.9 Å². The summed E-state index contributed by atoms with van der Waals surface area (Å²) in [4.78, 5) is 6.70. The van der Waals surface area contributed by atoms with E-state index in [9.17, 15) is 5.11 Å². The predicted octanol–water partition coefficient (Wildman–Crippen LogP) is 3.05. The highest BCUT2D eigenvalue weighted by atomic mass is 35.5. The Morgan fingerprint density at radius 2 is 2.04 bits per heavy atom. The molecule has 5 nitrogen and oxygen atoms in total. The third-order valence-electron chi connectivity index (χ3n) is 4.41. The third-order valence-corrected chi connectivity index (χ3v) is 4.66. The predicted molar refractivity (Wildman–Crippen MR) is 88.4 cm³/mol. The van der Waals surface area contributed by atoms with Gasteiger partial charge in [-0.25, -0.2) is 0 Å². The van der Waals surface area contributed by atoms with Gasteiger partial charge in [0.1, 0.15) is 0 Å². The molecule has 2 aromatic rings. The van der Waals surface area contributed by atoms with Crippen LogP contribution in [0.5, 0.6) is 0 Å². The molecule has 6 heteroatoms. The van der Waals surface area contributed by atoms with Gasteiger partial charge in [0.05, 0.1) is 6.54 Å². The smallest absolute Gasteiger partial charge is 0.240 e. The van der Waals surface area contributed by atoms with E-state index in [1.165, 1.54) is 5.56 Å². The second kappa shape index (κ2) is 6.99. The number of nitrogens with zero attached hydrogens (tertiary/aromatic N) is 3. The molecule has 2 heterocycles. The first-order chi connectivity index (χ1) is 11.1. The Kier molecular flexibility index (Phi) is 4.99. The minimum absolute atomic E-state index is 0.171. The van der Waals surface area contributed by atoms with Gasteiger partial charge >= 0.3 is 0 Å². The zero-order chi connectivity index (χ0) is 16.4. The summed E-state index contributed by atoms with van der Waals surface area (Å²) >= 11 is 5.97. The van der Waals surface area contributed by atoms with Crippen LogP contribution in [-0.4, -0.2) is 39.8 Å². The Morgan fingerprint density at radius 1 is 1.30 bits per heavy atom. The molecule has 1 aromatic heterocycles. The molecule has 1 N–H and O–H groups in total. The summed E-state index contributed by atoms with van der Waals surface area (Å²) in [6.07, 6.45) is 0. The molecule has 1 aliphatic heterocycles. The SMILES string of the molecule is CC(C)c1noc(CN2C[C@@H](CO)[C@H](c3ccc(Cl)cc3)C2)n1. The van der Waals surface area contributed by atoms with Crippen molar-refractivity contribution in [3.63, 3.8) is 0 Å². The van der Waals surface area contributed by atoms with Crippen molar-refractivity contribution in [1.29, 1.82) is 0 Å². The summed E-state index contributed by atoms with van der Waals surface area (Å²) in [5, 5.41) is 14.4. The minimum Gasteiger partial charge on any atom is -0.396 e. The molecule has 0 radical (unpaired) electrons. The Hall–Kier alpha value is -1.43. The van der Waals surface area contributed by atoms with Crippen LogP contribution in [0.3, 0.4) is 0 Å². The van der Waals surface area contributed by atoms with Crippen LogP contribution in [-0.2, 0) is 6.54 Å². The standard InChI is InChI=1S/C17H22ClN3O2/c1-11(2)17-19-16(23-20-17)9-21-7-13(10-22)15(8-21)12-3-5-14(18)6-4-12/h3-6,11,13,15,22H,7-10H2,1-2H3/t13-,15-/m0/s1. The van der Waals surface area contributed by atoms with E-state index in [1.807, 2.05) is 38.1 Å². The highest BCUT2D eigenvalue weighted by Crippen LogP contribution is 2.33. The molecule has 0 spiro atoms. The summed E-state index contributed by atoms with van der Waals surface area (Å²) < 4.78 is 5.33. The van der Waals surface area contributed by atoms with Crippen molar-refractivity contribution in [2.45, 2.75) is 32.2 Å². The molecule has 23 heavy (non-hydrogen) atoms. The van der Waals surface area contributed by atoms with E-state index < -0.39 is 0 Å². The molecular weight excluding hydrogens is 314 g/mol. The molecule has 0 bridgehead atoms. The number of aliphatic hydroxyl groups is 1. The summed E-state index contributed by atoms with van der Waals surface area (Å²) in [6.45, 7) is 6.58. The van der Waals surface area contributed by atoms with Gasteiger partial charge in [0.15, 0.2) is 5.82 Å². The number of hydrogen-bond acceptors (Lipinski definition) is 5. The van der Waals surface area contributed by atoms with E-state index in [1.54, 1.807) is 0 Å². The van der Waals surface area contributed by atoms with Gasteiger partial charge in [0.25, 0.3) is 0 Å². The van der Waals surface area contributed by atoms with Crippen LogP contribution in [0.15, 0.2) is 28.8 Å².